The molecule has 2 fully saturated rings. The molecule has 9 nitrogen and oxygen atoms in total. The van der Waals surface area contributed by atoms with E-state index < -0.39 is 24.0 Å². The minimum Gasteiger partial charge on any atom is -0.392 e. The van der Waals surface area contributed by atoms with Gasteiger partial charge in [-0.25, -0.2) is 9.78 Å². The van der Waals surface area contributed by atoms with Crippen molar-refractivity contribution in [1.82, 2.24) is 20.2 Å². The van der Waals surface area contributed by atoms with Gasteiger partial charge in [-0.1, -0.05) is 32.0 Å². The van der Waals surface area contributed by atoms with Crippen molar-refractivity contribution in [3.8, 4) is 0 Å². The highest BCUT2D eigenvalue weighted by atomic mass is 16.5. The monoisotopic (exact) mass is 441 g/mol. The van der Waals surface area contributed by atoms with E-state index in [1.807, 2.05) is 32.0 Å². The molecule has 3 amide bonds. The summed E-state index contributed by atoms with van der Waals surface area (Å²) in [6.07, 6.45) is 1.11. The van der Waals surface area contributed by atoms with Crippen molar-refractivity contribution >= 4 is 17.6 Å². The molecule has 0 bridgehead atoms. The number of H-pyrrole nitrogens is 1. The van der Waals surface area contributed by atoms with Crippen LogP contribution < -0.4 is 10.6 Å². The zero-order valence-corrected chi connectivity index (χ0v) is 18.5. The first kappa shape index (κ1) is 22.3. The maximum Gasteiger partial charge on any atom is 0.319 e. The lowest BCUT2D eigenvalue weighted by Gasteiger charge is -2.30. The van der Waals surface area contributed by atoms with E-state index in [9.17, 15) is 14.7 Å². The molecule has 32 heavy (non-hydrogen) atoms. The van der Waals surface area contributed by atoms with Crippen molar-refractivity contribution in [2.45, 2.75) is 44.2 Å². The Morgan fingerprint density at radius 3 is 2.59 bits per heavy atom. The van der Waals surface area contributed by atoms with Gasteiger partial charge in [0.2, 0.25) is 5.91 Å². The van der Waals surface area contributed by atoms with Crippen LogP contribution in [0.1, 0.15) is 43.6 Å². The number of urea groups is 1. The van der Waals surface area contributed by atoms with E-state index in [0.717, 1.165) is 11.5 Å². The number of ether oxygens (including phenoxy) is 1. The zero-order valence-electron chi connectivity index (χ0n) is 18.5. The lowest BCUT2D eigenvalue weighted by atomic mass is 9.95. The third kappa shape index (κ3) is 4.78. The molecule has 172 valence electrons. The Morgan fingerprint density at radius 2 is 1.94 bits per heavy atom. The van der Waals surface area contributed by atoms with Gasteiger partial charge < -0.3 is 30.4 Å². The Hall–Kier alpha value is -2.91. The summed E-state index contributed by atoms with van der Waals surface area (Å²) in [5.41, 5.74) is 1.40. The molecule has 1 saturated heterocycles. The number of aromatic nitrogens is 2. The Labute approximate surface area is 187 Å². The number of nitrogens with zero attached hydrogens (tertiary/aromatic N) is 2. The molecule has 4 atom stereocenters. The summed E-state index contributed by atoms with van der Waals surface area (Å²) in [5, 5.41) is 17.0. The molecular formula is C23H31N5O4. The molecule has 2 aromatic rings. The number of aromatic amines is 1. The van der Waals surface area contributed by atoms with Crippen LogP contribution in [-0.2, 0) is 9.53 Å². The molecular weight excluding hydrogens is 410 g/mol. The second-order valence-corrected chi connectivity index (χ2v) is 8.75. The van der Waals surface area contributed by atoms with Crippen molar-refractivity contribution in [3.63, 3.8) is 0 Å². The summed E-state index contributed by atoms with van der Waals surface area (Å²) >= 11 is 0. The largest absolute Gasteiger partial charge is 0.392 e. The molecule has 1 aliphatic heterocycles. The van der Waals surface area contributed by atoms with Crippen LogP contribution in [0.25, 0.3) is 0 Å². The molecule has 0 unspecified atom stereocenters. The molecule has 1 aliphatic carbocycles. The number of rotatable bonds is 5. The Kier molecular flexibility index (Phi) is 6.76. The minimum absolute atomic E-state index is 0.0952. The SMILES string of the molecule is CC(C)c1ncc([C@@H]2[C@H](O)[C@@H](C(=O)N3CCOCC3)C[C@H]2NC(=O)Nc2ccccc2)[nH]1. The number of imidazole rings is 1. The van der Waals surface area contributed by atoms with E-state index in [0.29, 0.717) is 38.4 Å². The second kappa shape index (κ2) is 9.70. The van der Waals surface area contributed by atoms with Gasteiger partial charge in [-0.3, -0.25) is 4.79 Å². The van der Waals surface area contributed by atoms with Crippen LogP contribution in [-0.4, -0.2) is 70.4 Å². The average molecular weight is 442 g/mol. The van der Waals surface area contributed by atoms with E-state index in [-0.39, 0.29) is 17.9 Å². The lowest BCUT2D eigenvalue weighted by Crippen LogP contribution is -2.45. The summed E-state index contributed by atoms with van der Waals surface area (Å²) in [6, 6.07) is 8.36. The van der Waals surface area contributed by atoms with Gasteiger partial charge in [-0.15, -0.1) is 0 Å². The maximum absolute atomic E-state index is 13.2. The van der Waals surface area contributed by atoms with Crippen molar-refractivity contribution < 1.29 is 19.4 Å². The van der Waals surface area contributed by atoms with Crippen LogP contribution in [0.3, 0.4) is 0 Å². The highest BCUT2D eigenvalue weighted by Gasteiger charge is 2.49. The van der Waals surface area contributed by atoms with Crippen LogP contribution in [0, 0.1) is 5.92 Å². The van der Waals surface area contributed by atoms with E-state index in [4.69, 9.17) is 4.74 Å². The second-order valence-electron chi connectivity index (χ2n) is 8.75. The van der Waals surface area contributed by atoms with Gasteiger partial charge in [-0.2, -0.15) is 0 Å². The maximum atomic E-state index is 13.2. The third-order valence-corrected chi connectivity index (χ3v) is 6.23. The van der Waals surface area contributed by atoms with Crippen LogP contribution in [0.2, 0.25) is 0 Å². The number of carbonyl (C=O) groups is 2. The fraction of sp³-hybridized carbons (Fsp3) is 0.522. The number of para-hydroxylation sites is 1. The van der Waals surface area contributed by atoms with Gasteiger partial charge in [0.25, 0.3) is 0 Å². The van der Waals surface area contributed by atoms with Crippen molar-refractivity contribution in [1.29, 1.82) is 0 Å². The van der Waals surface area contributed by atoms with E-state index in [2.05, 4.69) is 20.6 Å². The number of carbonyl (C=O) groups excluding carboxylic acids is 2. The fourth-order valence-electron chi connectivity index (χ4n) is 4.53. The number of morpholine rings is 1. The first-order chi connectivity index (χ1) is 15.4. The molecule has 1 aromatic carbocycles. The van der Waals surface area contributed by atoms with Crippen molar-refractivity contribution in [2.75, 3.05) is 31.6 Å². The van der Waals surface area contributed by atoms with Crippen LogP contribution in [0.15, 0.2) is 36.5 Å². The predicted octanol–water partition coefficient (Wildman–Crippen LogP) is 2.05. The normalized spacial score (nSPS) is 25.7. The average Bonchev–Trinajstić information content (AvgIpc) is 3.39. The Bertz CT molecular complexity index is 925. The van der Waals surface area contributed by atoms with E-state index >= 15 is 0 Å². The molecule has 1 saturated carbocycles. The Morgan fingerprint density at radius 1 is 1.22 bits per heavy atom. The lowest BCUT2D eigenvalue weighted by molar-refractivity contribution is -0.142. The van der Waals surface area contributed by atoms with Crippen LogP contribution in [0.5, 0.6) is 0 Å². The molecule has 0 spiro atoms. The number of aliphatic hydroxyl groups is 1. The highest BCUT2D eigenvalue weighted by Crippen LogP contribution is 2.40. The first-order valence-corrected chi connectivity index (χ1v) is 11.2. The third-order valence-electron chi connectivity index (χ3n) is 6.23. The highest BCUT2D eigenvalue weighted by molar-refractivity contribution is 5.89. The van der Waals surface area contributed by atoms with Crippen molar-refractivity contribution in [2.24, 2.45) is 5.92 Å². The van der Waals surface area contributed by atoms with Crippen LogP contribution >= 0.6 is 0 Å². The minimum atomic E-state index is -0.937. The number of anilines is 1. The molecule has 2 aliphatic rings. The Balaban J connectivity index is 1.54. The molecule has 9 heteroatoms. The van der Waals surface area contributed by atoms with Gasteiger partial charge in [0.15, 0.2) is 0 Å². The summed E-state index contributed by atoms with van der Waals surface area (Å²) in [4.78, 5) is 35.3. The number of amides is 3. The topological polar surface area (TPSA) is 120 Å². The van der Waals surface area contributed by atoms with Gasteiger partial charge in [0, 0.05) is 48.5 Å². The zero-order chi connectivity index (χ0) is 22.7. The first-order valence-electron chi connectivity index (χ1n) is 11.2. The molecule has 4 rings (SSSR count). The summed E-state index contributed by atoms with van der Waals surface area (Å²) in [7, 11) is 0. The van der Waals surface area contributed by atoms with Gasteiger partial charge >= 0.3 is 6.03 Å². The molecule has 4 N–H and O–H groups in total. The molecule has 0 radical (unpaired) electrons. The predicted molar refractivity (Wildman–Crippen MR) is 119 cm³/mol. The summed E-state index contributed by atoms with van der Waals surface area (Å²) in [5.74, 6) is -0.164. The van der Waals surface area contributed by atoms with E-state index in [1.165, 1.54) is 0 Å². The van der Waals surface area contributed by atoms with Gasteiger partial charge in [0.1, 0.15) is 5.82 Å². The fourth-order valence-corrected chi connectivity index (χ4v) is 4.53. The number of hydrogen-bond donors (Lipinski definition) is 4. The standard InChI is InChI=1S/C23H31N5O4/c1-14(2)21-24-13-18(26-21)19-17(27-23(31)25-15-6-4-3-5-7-15)12-16(20(19)29)22(30)28-8-10-32-11-9-28/h3-7,13-14,16-17,19-20,29H,8-12H2,1-2H3,(H,24,26)(H2,25,27,31)/t16-,17+,19+,20+/m0/s1. The van der Waals surface area contributed by atoms with Crippen LogP contribution in [0.4, 0.5) is 10.5 Å². The van der Waals surface area contributed by atoms with E-state index in [1.54, 1.807) is 23.2 Å². The number of nitrogens with one attached hydrogen (secondary N) is 3. The summed E-state index contributed by atoms with van der Waals surface area (Å²) in [6.45, 7) is 6.08. The quantitative estimate of drug-likeness (QED) is 0.566. The number of hydrogen-bond acceptors (Lipinski definition) is 5. The number of benzene rings is 1. The van der Waals surface area contributed by atoms with Gasteiger partial charge in [0.05, 0.1) is 25.2 Å². The molecule has 2 heterocycles. The number of aliphatic hydroxyl groups excluding tert-OH is 1. The van der Waals surface area contributed by atoms with Gasteiger partial charge in [-0.05, 0) is 18.6 Å². The molecule has 1 aromatic heterocycles. The van der Waals surface area contributed by atoms with Crippen molar-refractivity contribution in [3.05, 3.63) is 48.0 Å². The summed E-state index contributed by atoms with van der Waals surface area (Å²) < 4.78 is 5.35. The smallest absolute Gasteiger partial charge is 0.319 e.